The molecule has 2 aliphatic rings. The number of furan rings is 1. The second-order valence-electron chi connectivity index (χ2n) is 7.54. The van der Waals surface area contributed by atoms with Crippen molar-refractivity contribution < 1.29 is 26.8 Å². The van der Waals surface area contributed by atoms with Crippen molar-refractivity contribution >= 4 is 27.7 Å². The number of nitrogens with zero attached hydrogens (tertiary/aromatic N) is 1. The van der Waals surface area contributed by atoms with Crippen LogP contribution in [0.5, 0.6) is 0 Å². The van der Waals surface area contributed by atoms with Crippen LogP contribution in [0.3, 0.4) is 0 Å². The fourth-order valence-corrected chi connectivity index (χ4v) is 4.92. The third-order valence-corrected chi connectivity index (χ3v) is 7.22. The van der Waals surface area contributed by atoms with Crippen LogP contribution in [0.15, 0.2) is 45.7 Å². The van der Waals surface area contributed by atoms with E-state index in [9.17, 15) is 17.6 Å². The van der Waals surface area contributed by atoms with Gasteiger partial charge in [-0.1, -0.05) is 6.92 Å². The molecular weight excluding hydrogens is 411 g/mol. The van der Waals surface area contributed by atoms with Crippen LogP contribution in [0.25, 0.3) is 6.08 Å². The van der Waals surface area contributed by atoms with E-state index in [1.165, 1.54) is 16.4 Å². The first-order valence-electron chi connectivity index (χ1n) is 9.81. The molecule has 2 unspecified atom stereocenters. The molecule has 1 saturated carbocycles. The molecule has 0 radical (unpaired) electrons. The average molecular weight is 434 g/mol. The van der Waals surface area contributed by atoms with Crippen molar-refractivity contribution in [3.63, 3.8) is 0 Å². The molecule has 0 spiro atoms. The number of benzene rings is 1. The Hall–Kier alpha value is -2.49. The first kappa shape index (κ1) is 20.8. The quantitative estimate of drug-likeness (QED) is 0.706. The zero-order valence-corrected chi connectivity index (χ0v) is 17.3. The summed E-state index contributed by atoms with van der Waals surface area (Å²) in [6, 6.07) is 7.19. The summed E-state index contributed by atoms with van der Waals surface area (Å²) in [7, 11) is -4.02. The Morgan fingerprint density at radius 3 is 2.67 bits per heavy atom. The van der Waals surface area contributed by atoms with Crippen molar-refractivity contribution in [3.8, 4) is 0 Å². The zero-order valence-electron chi connectivity index (χ0n) is 16.5. The Bertz CT molecular complexity index is 1070. The van der Waals surface area contributed by atoms with E-state index < -0.39 is 26.6 Å². The summed E-state index contributed by atoms with van der Waals surface area (Å²) in [6.07, 6.45) is 3.94. The number of ether oxygens (including phenoxy) is 1. The predicted molar refractivity (Wildman–Crippen MR) is 109 cm³/mol. The maximum absolute atomic E-state index is 14.3. The Morgan fingerprint density at radius 1 is 1.23 bits per heavy atom. The Labute approximate surface area is 174 Å². The fraction of sp³-hybridized carbons (Fsp3) is 0.381. The number of morpholine rings is 1. The third-order valence-electron chi connectivity index (χ3n) is 5.31. The highest BCUT2D eigenvalue weighted by Crippen LogP contribution is 2.47. The maximum Gasteiger partial charge on any atom is 0.248 e. The number of carbonyl (C=O) groups excluding carboxylic acids is 1. The number of halogens is 1. The number of rotatable bonds is 6. The molecule has 9 heteroatoms. The lowest BCUT2D eigenvalue weighted by atomic mass is 10.3. The van der Waals surface area contributed by atoms with Crippen molar-refractivity contribution in [2.24, 2.45) is 5.92 Å². The lowest BCUT2D eigenvalue weighted by Crippen LogP contribution is -2.40. The minimum Gasteiger partial charge on any atom is -0.461 e. The Kier molecular flexibility index (Phi) is 5.77. The van der Waals surface area contributed by atoms with Crippen molar-refractivity contribution in [2.75, 3.05) is 31.6 Å². The van der Waals surface area contributed by atoms with Crippen LogP contribution in [0.2, 0.25) is 0 Å². The highest BCUT2D eigenvalue weighted by atomic mass is 32.2. The summed E-state index contributed by atoms with van der Waals surface area (Å²) in [5.74, 6) is 1.21. The van der Waals surface area contributed by atoms with Gasteiger partial charge in [-0.15, -0.1) is 0 Å². The fourth-order valence-electron chi connectivity index (χ4n) is 3.42. The SMILES string of the molecule is CC1CC1c1ccc(/C=C/C(=O)Nc2ccc(F)c(S(=O)(=O)N3CCOCC3)c2)o1. The topological polar surface area (TPSA) is 88.9 Å². The van der Waals surface area contributed by atoms with E-state index in [1.54, 1.807) is 12.1 Å². The lowest BCUT2D eigenvalue weighted by Gasteiger charge is -2.26. The highest BCUT2D eigenvalue weighted by Gasteiger charge is 2.36. The normalized spacial score (nSPS) is 22.3. The van der Waals surface area contributed by atoms with Crippen LogP contribution in [0.1, 0.15) is 30.8 Å². The molecule has 1 aliphatic heterocycles. The number of anilines is 1. The second kappa shape index (κ2) is 8.33. The van der Waals surface area contributed by atoms with Gasteiger partial charge >= 0.3 is 0 Å². The minimum absolute atomic E-state index is 0.159. The Balaban J connectivity index is 1.44. The monoisotopic (exact) mass is 434 g/mol. The summed E-state index contributed by atoms with van der Waals surface area (Å²) < 4.78 is 51.8. The van der Waals surface area contributed by atoms with Gasteiger partial charge < -0.3 is 14.5 Å². The van der Waals surface area contributed by atoms with Gasteiger partial charge in [-0.05, 0) is 48.7 Å². The van der Waals surface area contributed by atoms with Crippen LogP contribution in [0.4, 0.5) is 10.1 Å². The van der Waals surface area contributed by atoms with Crippen LogP contribution in [-0.4, -0.2) is 44.9 Å². The van der Waals surface area contributed by atoms with Gasteiger partial charge in [0.25, 0.3) is 0 Å². The summed E-state index contributed by atoms with van der Waals surface area (Å²) in [4.78, 5) is 11.8. The van der Waals surface area contributed by atoms with Gasteiger partial charge in [0.2, 0.25) is 15.9 Å². The smallest absolute Gasteiger partial charge is 0.248 e. The molecule has 7 nitrogen and oxygen atoms in total. The van der Waals surface area contributed by atoms with Gasteiger partial charge in [0.05, 0.1) is 13.2 Å². The molecule has 2 fully saturated rings. The molecule has 1 saturated heterocycles. The number of nitrogens with one attached hydrogen (secondary N) is 1. The molecule has 1 aliphatic carbocycles. The summed E-state index contributed by atoms with van der Waals surface area (Å²) >= 11 is 0. The van der Waals surface area contributed by atoms with Crippen molar-refractivity contribution in [1.29, 1.82) is 0 Å². The number of amides is 1. The molecule has 2 heterocycles. The van der Waals surface area contributed by atoms with Gasteiger partial charge in [0.15, 0.2) is 0 Å². The lowest BCUT2D eigenvalue weighted by molar-refractivity contribution is -0.111. The number of carbonyl (C=O) groups is 1. The summed E-state index contributed by atoms with van der Waals surface area (Å²) in [5, 5.41) is 2.56. The van der Waals surface area contributed by atoms with Gasteiger partial charge in [0, 0.05) is 30.8 Å². The number of hydrogen-bond acceptors (Lipinski definition) is 5. The van der Waals surface area contributed by atoms with Crippen molar-refractivity contribution in [2.45, 2.75) is 24.2 Å². The largest absolute Gasteiger partial charge is 0.461 e. The molecule has 160 valence electrons. The first-order valence-corrected chi connectivity index (χ1v) is 11.2. The number of sulfonamides is 1. The van der Waals surface area contributed by atoms with E-state index in [2.05, 4.69) is 12.2 Å². The Morgan fingerprint density at radius 2 is 1.97 bits per heavy atom. The van der Waals surface area contributed by atoms with Crippen LogP contribution in [0, 0.1) is 11.7 Å². The minimum atomic E-state index is -4.02. The number of hydrogen-bond donors (Lipinski definition) is 1. The molecule has 1 aromatic heterocycles. The van der Waals surface area contributed by atoms with E-state index >= 15 is 0 Å². The predicted octanol–water partition coefficient (Wildman–Crippen LogP) is 3.21. The van der Waals surface area contributed by atoms with Gasteiger partial charge in [0.1, 0.15) is 22.2 Å². The molecule has 30 heavy (non-hydrogen) atoms. The van der Waals surface area contributed by atoms with E-state index in [0.717, 1.165) is 24.3 Å². The first-order chi connectivity index (χ1) is 14.3. The van der Waals surface area contributed by atoms with E-state index in [4.69, 9.17) is 9.15 Å². The van der Waals surface area contributed by atoms with Crippen molar-refractivity contribution in [3.05, 3.63) is 53.7 Å². The summed E-state index contributed by atoms with van der Waals surface area (Å²) in [5.41, 5.74) is 0.185. The summed E-state index contributed by atoms with van der Waals surface area (Å²) in [6.45, 7) is 3.00. The molecule has 1 N–H and O–H groups in total. The molecule has 0 bridgehead atoms. The molecule has 1 aromatic carbocycles. The van der Waals surface area contributed by atoms with E-state index in [1.807, 2.05) is 6.07 Å². The zero-order chi connectivity index (χ0) is 21.3. The maximum atomic E-state index is 14.3. The molecule has 4 rings (SSSR count). The standard InChI is InChI=1S/C21H23FN2O5S/c1-14-12-17(14)19-6-3-16(29-19)4-7-21(25)23-15-2-5-18(22)20(13-15)30(26,27)24-8-10-28-11-9-24/h2-7,13-14,17H,8-12H2,1H3,(H,23,25)/b7-4+. The molecule has 2 atom stereocenters. The van der Waals surface area contributed by atoms with Crippen LogP contribution >= 0.6 is 0 Å². The van der Waals surface area contributed by atoms with Crippen molar-refractivity contribution in [1.82, 2.24) is 4.31 Å². The molecule has 2 aromatic rings. The average Bonchev–Trinajstić information content (AvgIpc) is 3.28. The van der Waals surface area contributed by atoms with E-state index in [-0.39, 0.29) is 32.0 Å². The molecular formula is C21H23FN2O5S. The third kappa shape index (κ3) is 4.48. The van der Waals surface area contributed by atoms with Gasteiger partial charge in [-0.2, -0.15) is 4.31 Å². The van der Waals surface area contributed by atoms with Crippen LogP contribution in [-0.2, 0) is 19.6 Å². The molecule has 1 amide bonds. The highest BCUT2D eigenvalue weighted by molar-refractivity contribution is 7.89. The van der Waals surface area contributed by atoms with E-state index in [0.29, 0.717) is 17.6 Å². The van der Waals surface area contributed by atoms with Crippen LogP contribution < -0.4 is 5.32 Å². The van der Waals surface area contributed by atoms with Gasteiger partial charge in [-0.3, -0.25) is 4.79 Å². The second-order valence-corrected chi connectivity index (χ2v) is 9.45. The van der Waals surface area contributed by atoms with Gasteiger partial charge in [-0.25, -0.2) is 12.8 Å².